The Morgan fingerprint density at radius 2 is 1.55 bits per heavy atom. The van der Waals surface area contributed by atoms with Crippen molar-refractivity contribution in [3.8, 4) is 0 Å². The van der Waals surface area contributed by atoms with Crippen LogP contribution in [0.1, 0.15) is 24.0 Å². The number of hydrogen-bond donors (Lipinski definition) is 0. The second-order valence-electron chi connectivity index (χ2n) is 10.3. The summed E-state index contributed by atoms with van der Waals surface area (Å²) >= 11 is 0. The topological polar surface area (TPSA) is 82.1 Å². The Balaban J connectivity index is 1.51. The maximum absolute atomic E-state index is 14.6. The molecule has 16 heteroatoms. The van der Waals surface area contributed by atoms with E-state index in [1.54, 1.807) is 0 Å². The highest BCUT2D eigenvalue weighted by Crippen LogP contribution is 2.54. The molecule has 3 unspecified atom stereocenters. The molecule has 0 aromatic heterocycles. The van der Waals surface area contributed by atoms with Gasteiger partial charge in [-0.2, -0.15) is 26.3 Å². The Morgan fingerprint density at radius 1 is 0.929 bits per heavy atom. The fourth-order valence-corrected chi connectivity index (χ4v) is 7.71. The summed E-state index contributed by atoms with van der Waals surface area (Å²) in [7, 11) is -4.58. The van der Waals surface area contributed by atoms with Crippen molar-refractivity contribution < 1.29 is 62.5 Å². The number of hydrogen-bond acceptors (Lipinski definition) is 6. The second kappa shape index (κ2) is 10.3. The molecule has 0 saturated carbocycles. The Hall–Kier alpha value is -2.98. The van der Waals surface area contributed by atoms with Gasteiger partial charge in [-0.05, 0) is 42.7 Å². The first kappa shape index (κ1) is 30.5. The zero-order valence-corrected chi connectivity index (χ0v) is 22.2. The van der Waals surface area contributed by atoms with Crippen LogP contribution in [0, 0.1) is 11.7 Å². The highest BCUT2D eigenvalue weighted by Gasteiger charge is 2.73. The molecule has 3 heterocycles. The molecule has 0 aliphatic carbocycles. The number of sulfone groups is 1. The number of nitrogens with zero attached hydrogens (tertiary/aromatic N) is 1. The average Bonchev–Trinajstić information content (AvgIpc) is 3.65. The molecule has 230 valence electrons. The number of fused-ring (bicyclic) bond motifs is 1. The first-order chi connectivity index (χ1) is 19.5. The van der Waals surface area contributed by atoms with Gasteiger partial charge >= 0.3 is 24.1 Å². The van der Waals surface area contributed by atoms with Crippen LogP contribution in [-0.4, -0.2) is 70.5 Å². The van der Waals surface area contributed by atoms with Crippen molar-refractivity contribution in [1.82, 2.24) is 4.90 Å². The van der Waals surface area contributed by atoms with Gasteiger partial charge in [-0.1, -0.05) is 24.3 Å². The summed E-state index contributed by atoms with van der Waals surface area (Å²) in [6.07, 6.45) is -14.7. The number of alkyl halides is 7. The molecule has 2 aromatic rings. The predicted molar refractivity (Wildman–Crippen MR) is 127 cm³/mol. The molecule has 3 aliphatic heterocycles. The maximum atomic E-state index is 14.6. The average molecular weight is 630 g/mol. The van der Waals surface area contributed by atoms with Gasteiger partial charge in [-0.3, -0.25) is 0 Å². The van der Waals surface area contributed by atoms with E-state index in [4.69, 9.17) is 14.2 Å². The van der Waals surface area contributed by atoms with Gasteiger partial charge in [-0.25, -0.2) is 22.0 Å². The third-order valence-electron chi connectivity index (χ3n) is 7.96. The summed E-state index contributed by atoms with van der Waals surface area (Å²) in [6.45, 7) is -0.399. The van der Waals surface area contributed by atoms with E-state index in [0.29, 0.717) is 25.2 Å². The summed E-state index contributed by atoms with van der Waals surface area (Å²) in [5, 5.41) is 0. The molecule has 7 nitrogen and oxygen atoms in total. The number of amides is 1. The van der Waals surface area contributed by atoms with Gasteiger partial charge in [0.2, 0.25) is 0 Å². The Kier molecular flexibility index (Phi) is 7.50. The van der Waals surface area contributed by atoms with Gasteiger partial charge in [0, 0.05) is 18.7 Å². The lowest BCUT2D eigenvalue weighted by Crippen LogP contribution is -2.50. The van der Waals surface area contributed by atoms with E-state index < -0.39 is 73.9 Å². The van der Waals surface area contributed by atoms with Gasteiger partial charge in [0.05, 0.1) is 24.0 Å². The van der Waals surface area contributed by atoms with Gasteiger partial charge < -0.3 is 19.1 Å². The zero-order valence-electron chi connectivity index (χ0n) is 21.4. The highest BCUT2D eigenvalue weighted by molar-refractivity contribution is 7.92. The lowest BCUT2D eigenvalue weighted by Gasteiger charge is -2.32. The molecule has 0 bridgehead atoms. The summed E-state index contributed by atoms with van der Waals surface area (Å²) in [4.78, 5) is 13.7. The molecule has 3 fully saturated rings. The smallest absolute Gasteiger partial charge is 0.435 e. The van der Waals surface area contributed by atoms with E-state index in [-0.39, 0.29) is 43.2 Å². The molecule has 2 aromatic carbocycles. The molecule has 3 saturated heterocycles. The zero-order chi connectivity index (χ0) is 30.7. The van der Waals surface area contributed by atoms with Crippen LogP contribution >= 0.6 is 0 Å². The lowest BCUT2D eigenvalue weighted by atomic mass is 9.90. The molecule has 0 spiro atoms. The first-order valence-corrected chi connectivity index (χ1v) is 14.1. The quantitative estimate of drug-likeness (QED) is 0.326. The van der Waals surface area contributed by atoms with Crippen LogP contribution < -0.4 is 0 Å². The first-order valence-electron chi connectivity index (χ1n) is 12.6. The van der Waals surface area contributed by atoms with Crippen LogP contribution in [0.4, 0.5) is 39.9 Å². The summed E-state index contributed by atoms with van der Waals surface area (Å²) in [6, 6.07) is 5.34. The third kappa shape index (κ3) is 4.80. The van der Waals surface area contributed by atoms with E-state index in [9.17, 15) is 48.3 Å². The van der Waals surface area contributed by atoms with Crippen molar-refractivity contribution in [2.45, 2.75) is 52.9 Å². The number of carbonyl (C=O) groups excluding carboxylic acids is 1. The van der Waals surface area contributed by atoms with E-state index in [2.05, 4.69) is 0 Å². The fraction of sp³-hybridized carbons (Fsp3) is 0.500. The van der Waals surface area contributed by atoms with Crippen molar-refractivity contribution in [1.29, 1.82) is 0 Å². The molecule has 1 amide bonds. The number of carbonyl (C=O) groups is 1. The SMILES string of the molecule is O=C(OC1COC2OCCC12)N1CC[C@](c2ccc(C(F)(C(F)(F)F)C(F)(F)F)cc2)(S(=O)(=O)c2ccc(F)cc2)C1. The molecule has 3 aliphatic rings. The second-order valence-corrected chi connectivity index (χ2v) is 12.6. The molecule has 42 heavy (non-hydrogen) atoms. The van der Waals surface area contributed by atoms with E-state index in [1.165, 1.54) is 0 Å². The summed E-state index contributed by atoms with van der Waals surface area (Å²) in [5.74, 6) is -1.00. The largest absolute Gasteiger partial charge is 0.443 e. The Morgan fingerprint density at radius 3 is 2.14 bits per heavy atom. The van der Waals surface area contributed by atoms with Crippen molar-refractivity contribution in [2.75, 3.05) is 26.3 Å². The van der Waals surface area contributed by atoms with Crippen LogP contribution in [0.15, 0.2) is 53.4 Å². The van der Waals surface area contributed by atoms with Gasteiger partial charge in [0.25, 0.3) is 0 Å². The minimum Gasteiger partial charge on any atom is -0.443 e. The number of rotatable bonds is 5. The Bertz CT molecular complexity index is 1420. The van der Waals surface area contributed by atoms with Crippen LogP contribution in [-0.2, 0) is 34.5 Å². The monoisotopic (exact) mass is 629 g/mol. The van der Waals surface area contributed by atoms with Gasteiger partial charge in [0.1, 0.15) is 16.7 Å². The van der Waals surface area contributed by atoms with Crippen LogP contribution in [0.25, 0.3) is 0 Å². The van der Waals surface area contributed by atoms with Crippen molar-refractivity contribution in [2.24, 2.45) is 5.92 Å². The van der Waals surface area contributed by atoms with E-state index in [0.717, 1.165) is 29.2 Å². The van der Waals surface area contributed by atoms with E-state index in [1.807, 2.05) is 0 Å². The fourth-order valence-electron chi connectivity index (χ4n) is 5.63. The van der Waals surface area contributed by atoms with Crippen LogP contribution in [0.5, 0.6) is 0 Å². The van der Waals surface area contributed by atoms with Crippen LogP contribution in [0.2, 0.25) is 0 Å². The molecular weight excluding hydrogens is 606 g/mol. The normalized spacial score (nSPS) is 26.9. The number of halogens is 8. The number of benzene rings is 2. The maximum Gasteiger partial charge on any atom is 0.435 e. The van der Waals surface area contributed by atoms with Gasteiger partial charge in [-0.15, -0.1) is 0 Å². The standard InChI is InChI=1S/C26H23F8NO6S/c27-17-5-7-18(8-6-17)42(37,38)23(15-1-3-16(4-2-15)24(28,25(29,30)31)26(32,33)34)10-11-35(14-23)22(36)41-20-13-40-21-19(20)9-12-39-21/h1-8,19-21H,9-14H2/t19?,20?,21?,23-/m0/s1. The highest BCUT2D eigenvalue weighted by atomic mass is 32.2. The molecule has 5 rings (SSSR count). The lowest BCUT2D eigenvalue weighted by molar-refractivity contribution is -0.348. The summed E-state index contributed by atoms with van der Waals surface area (Å²) < 4.78 is 150. The minimum atomic E-state index is -6.37. The van der Waals surface area contributed by atoms with Crippen molar-refractivity contribution in [3.63, 3.8) is 0 Å². The third-order valence-corrected chi connectivity index (χ3v) is 10.4. The molecule has 0 radical (unpaired) electrons. The van der Waals surface area contributed by atoms with E-state index >= 15 is 0 Å². The van der Waals surface area contributed by atoms with Gasteiger partial charge in [0.15, 0.2) is 16.1 Å². The predicted octanol–water partition coefficient (Wildman–Crippen LogP) is 5.39. The van der Waals surface area contributed by atoms with Crippen molar-refractivity contribution >= 4 is 15.9 Å². The number of ether oxygens (including phenoxy) is 3. The number of likely N-dealkylation sites (tertiary alicyclic amines) is 1. The van der Waals surface area contributed by atoms with Crippen molar-refractivity contribution in [3.05, 3.63) is 65.5 Å². The molecule has 4 atom stereocenters. The van der Waals surface area contributed by atoms with Crippen LogP contribution in [0.3, 0.4) is 0 Å². The molecular formula is C26H23F8NO6S. The Labute approximate surface area is 234 Å². The minimum absolute atomic E-state index is 0.0405. The molecule has 0 N–H and O–H groups in total. The summed E-state index contributed by atoms with van der Waals surface area (Å²) in [5.41, 5.74) is -7.83.